The first-order valence-corrected chi connectivity index (χ1v) is 8.89. The van der Waals surface area contributed by atoms with Crippen LogP contribution < -0.4 is 4.72 Å². The van der Waals surface area contributed by atoms with E-state index in [1.54, 1.807) is 30.3 Å². The van der Waals surface area contributed by atoms with Crippen molar-refractivity contribution in [1.82, 2.24) is 0 Å². The monoisotopic (exact) mass is 409 g/mol. The van der Waals surface area contributed by atoms with Gasteiger partial charge >= 0.3 is 0 Å². The van der Waals surface area contributed by atoms with Crippen LogP contribution in [-0.4, -0.2) is 8.42 Å². The molecule has 0 aliphatic heterocycles. The van der Waals surface area contributed by atoms with Crippen molar-refractivity contribution in [3.8, 4) is 0 Å². The molecule has 0 aliphatic rings. The van der Waals surface area contributed by atoms with Gasteiger partial charge in [0.25, 0.3) is 10.0 Å². The van der Waals surface area contributed by atoms with Crippen LogP contribution in [0.25, 0.3) is 10.8 Å². The Morgan fingerprint density at radius 3 is 2.24 bits per heavy atom. The van der Waals surface area contributed by atoms with Crippen LogP contribution in [0.5, 0.6) is 0 Å². The topological polar surface area (TPSA) is 46.2 Å². The highest BCUT2D eigenvalue weighted by Crippen LogP contribution is 2.25. The van der Waals surface area contributed by atoms with Gasteiger partial charge in [-0.1, -0.05) is 36.4 Å². The minimum absolute atomic E-state index is 0.260. The standard InChI is InChI=1S/C16H12INO2S/c17-13-8-10-14(11-9-13)21(19,20)18-16-7-3-5-12-4-1-2-6-15(12)16/h1-11,18H. The van der Waals surface area contributed by atoms with E-state index in [1.807, 2.05) is 36.4 Å². The summed E-state index contributed by atoms with van der Waals surface area (Å²) in [5.74, 6) is 0. The van der Waals surface area contributed by atoms with Gasteiger partial charge in [-0.05, 0) is 58.3 Å². The Bertz CT molecular complexity index is 884. The number of nitrogens with one attached hydrogen (secondary N) is 1. The second-order valence-electron chi connectivity index (χ2n) is 4.59. The molecule has 21 heavy (non-hydrogen) atoms. The van der Waals surface area contributed by atoms with Crippen LogP contribution in [0.2, 0.25) is 0 Å². The summed E-state index contributed by atoms with van der Waals surface area (Å²) in [5.41, 5.74) is 0.589. The summed E-state index contributed by atoms with van der Waals surface area (Å²) in [6.07, 6.45) is 0. The van der Waals surface area contributed by atoms with E-state index in [4.69, 9.17) is 0 Å². The van der Waals surface area contributed by atoms with Crippen molar-refractivity contribution in [2.24, 2.45) is 0 Å². The first-order valence-electron chi connectivity index (χ1n) is 6.32. The Morgan fingerprint density at radius 1 is 0.810 bits per heavy atom. The van der Waals surface area contributed by atoms with Crippen molar-refractivity contribution in [2.45, 2.75) is 4.90 Å². The Balaban J connectivity index is 2.03. The molecule has 0 fully saturated rings. The number of rotatable bonds is 3. The van der Waals surface area contributed by atoms with Gasteiger partial charge in [-0.15, -0.1) is 0 Å². The summed E-state index contributed by atoms with van der Waals surface area (Å²) in [4.78, 5) is 0.260. The van der Waals surface area contributed by atoms with E-state index in [9.17, 15) is 8.42 Å². The molecule has 0 saturated carbocycles. The summed E-state index contributed by atoms with van der Waals surface area (Å²) in [7, 11) is -3.57. The molecule has 0 unspecified atom stereocenters. The van der Waals surface area contributed by atoms with Crippen molar-refractivity contribution >= 4 is 49.1 Å². The molecular formula is C16H12INO2S. The average molecular weight is 409 g/mol. The van der Waals surface area contributed by atoms with Crippen LogP contribution in [0.4, 0.5) is 5.69 Å². The van der Waals surface area contributed by atoms with Gasteiger partial charge in [0.05, 0.1) is 10.6 Å². The maximum absolute atomic E-state index is 12.4. The van der Waals surface area contributed by atoms with E-state index in [1.165, 1.54) is 0 Å². The molecule has 106 valence electrons. The fraction of sp³-hybridized carbons (Fsp3) is 0. The fourth-order valence-electron chi connectivity index (χ4n) is 2.13. The Morgan fingerprint density at radius 2 is 1.48 bits per heavy atom. The summed E-state index contributed by atoms with van der Waals surface area (Å²) in [6, 6.07) is 20.0. The molecule has 5 heteroatoms. The third kappa shape index (κ3) is 3.03. The molecule has 3 aromatic carbocycles. The third-order valence-corrected chi connectivity index (χ3v) is 5.26. The van der Waals surface area contributed by atoms with Crippen molar-refractivity contribution in [3.05, 3.63) is 70.3 Å². The van der Waals surface area contributed by atoms with Crippen LogP contribution in [0.15, 0.2) is 71.6 Å². The molecule has 0 atom stereocenters. The minimum Gasteiger partial charge on any atom is -0.279 e. The van der Waals surface area contributed by atoms with Gasteiger partial charge in [0.15, 0.2) is 0 Å². The zero-order valence-corrected chi connectivity index (χ0v) is 13.9. The lowest BCUT2D eigenvalue weighted by Crippen LogP contribution is -2.13. The van der Waals surface area contributed by atoms with Gasteiger partial charge in [-0.2, -0.15) is 0 Å². The number of anilines is 1. The van der Waals surface area contributed by atoms with Crippen molar-refractivity contribution in [3.63, 3.8) is 0 Å². The normalized spacial score (nSPS) is 11.5. The highest BCUT2D eigenvalue weighted by molar-refractivity contribution is 14.1. The molecule has 0 aliphatic carbocycles. The maximum atomic E-state index is 12.4. The van der Waals surface area contributed by atoms with E-state index in [2.05, 4.69) is 27.3 Å². The molecule has 0 spiro atoms. The summed E-state index contributed by atoms with van der Waals surface area (Å²) in [5, 5.41) is 1.88. The number of fused-ring (bicyclic) bond motifs is 1. The van der Waals surface area contributed by atoms with Crippen LogP contribution in [0, 0.1) is 3.57 Å². The molecule has 3 rings (SSSR count). The highest BCUT2D eigenvalue weighted by atomic mass is 127. The van der Waals surface area contributed by atoms with E-state index in [0.29, 0.717) is 5.69 Å². The molecule has 1 N–H and O–H groups in total. The minimum atomic E-state index is -3.57. The van der Waals surface area contributed by atoms with Gasteiger partial charge < -0.3 is 0 Å². The number of halogens is 1. The van der Waals surface area contributed by atoms with Crippen molar-refractivity contribution < 1.29 is 8.42 Å². The van der Waals surface area contributed by atoms with E-state index < -0.39 is 10.0 Å². The van der Waals surface area contributed by atoms with E-state index in [-0.39, 0.29) is 4.90 Å². The summed E-state index contributed by atoms with van der Waals surface area (Å²) < 4.78 is 28.5. The smallest absolute Gasteiger partial charge is 0.261 e. The largest absolute Gasteiger partial charge is 0.279 e. The lowest BCUT2D eigenvalue weighted by molar-refractivity contribution is 0.601. The van der Waals surface area contributed by atoms with Gasteiger partial charge in [-0.25, -0.2) is 8.42 Å². The van der Waals surface area contributed by atoms with Crippen molar-refractivity contribution in [2.75, 3.05) is 4.72 Å². The second-order valence-corrected chi connectivity index (χ2v) is 7.51. The zero-order chi connectivity index (χ0) is 14.9. The van der Waals surface area contributed by atoms with Crippen LogP contribution in [-0.2, 0) is 10.0 Å². The van der Waals surface area contributed by atoms with Gasteiger partial charge in [0.1, 0.15) is 0 Å². The average Bonchev–Trinajstić information content (AvgIpc) is 2.48. The van der Waals surface area contributed by atoms with Crippen LogP contribution >= 0.6 is 22.6 Å². The number of hydrogen-bond acceptors (Lipinski definition) is 2. The second kappa shape index (κ2) is 5.65. The number of benzene rings is 3. The van der Waals surface area contributed by atoms with E-state index in [0.717, 1.165) is 14.3 Å². The first kappa shape index (κ1) is 14.3. The van der Waals surface area contributed by atoms with Gasteiger partial charge in [0, 0.05) is 8.96 Å². The summed E-state index contributed by atoms with van der Waals surface area (Å²) in [6.45, 7) is 0. The van der Waals surface area contributed by atoms with Crippen molar-refractivity contribution in [1.29, 1.82) is 0 Å². The summed E-state index contributed by atoms with van der Waals surface area (Å²) >= 11 is 2.14. The molecule has 0 saturated heterocycles. The molecule has 3 nitrogen and oxygen atoms in total. The molecule has 0 aromatic heterocycles. The van der Waals surface area contributed by atoms with E-state index >= 15 is 0 Å². The predicted octanol–water partition coefficient (Wildman–Crippen LogP) is 4.25. The van der Waals surface area contributed by atoms with Gasteiger partial charge in [-0.3, -0.25) is 4.72 Å². The third-order valence-electron chi connectivity index (χ3n) is 3.16. The zero-order valence-electron chi connectivity index (χ0n) is 11.0. The lowest BCUT2D eigenvalue weighted by atomic mass is 10.1. The maximum Gasteiger partial charge on any atom is 0.261 e. The SMILES string of the molecule is O=S(=O)(Nc1cccc2ccccc12)c1ccc(I)cc1. The number of hydrogen-bond donors (Lipinski definition) is 1. The Kier molecular flexibility index (Phi) is 3.86. The number of sulfonamides is 1. The Labute approximate surface area is 137 Å². The molecule has 0 heterocycles. The van der Waals surface area contributed by atoms with Gasteiger partial charge in [0.2, 0.25) is 0 Å². The first-order chi connectivity index (χ1) is 10.1. The predicted molar refractivity (Wildman–Crippen MR) is 93.9 cm³/mol. The molecule has 0 radical (unpaired) electrons. The molecular weight excluding hydrogens is 397 g/mol. The fourth-order valence-corrected chi connectivity index (χ4v) is 3.57. The lowest BCUT2D eigenvalue weighted by Gasteiger charge is -2.10. The molecule has 0 amide bonds. The molecule has 3 aromatic rings. The van der Waals surface area contributed by atoms with Crippen LogP contribution in [0.3, 0.4) is 0 Å². The van der Waals surface area contributed by atoms with Crippen LogP contribution in [0.1, 0.15) is 0 Å². The Hall–Kier alpha value is -1.60. The molecule has 0 bridgehead atoms. The quantitative estimate of drug-likeness (QED) is 0.658. The highest BCUT2D eigenvalue weighted by Gasteiger charge is 2.15.